The number of aromatic hydroxyl groups is 7. The predicted molar refractivity (Wildman–Crippen MR) is 454 cm³/mol. The Hall–Kier alpha value is -16.9. The number of esters is 2. The zero-order chi connectivity index (χ0) is 93.7. The first-order chi connectivity index (χ1) is 58.1. The van der Waals surface area contributed by atoms with Crippen molar-refractivity contribution in [1.29, 1.82) is 0 Å². The van der Waals surface area contributed by atoms with Crippen LogP contribution in [0.25, 0.3) is 27.6 Å². The molecule has 648 valence electrons. The van der Waals surface area contributed by atoms with Crippen molar-refractivity contribution < 1.29 is 153 Å². The predicted octanol–water partition coefficient (Wildman–Crippen LogP) is 12.9. The van der Waals surface area contributed by atoms with E-state index in [0.29, 0.717) is 83.2 Å². The van der Waals surface area contributed by atoms with Crippen LogP contribution < -0.4 is 20.7 Å². The lowest BCUT2D eigenvalue weighted by Gasteiger charge is -2.10. The fraction of sp³-hybridized carbons (Fsp3) is 0.133. The number of hydrogen-bond donors (Lipinski definition) is 17. The Kier molecular flexibility index (Phi) is 39.8. The molecule has 0 atom stereocenters. The molecule has 0 spiro atoms. The van der Waals surface area contributed by atoms with Gasteiger partial charge in [0.05, 0.1) is 13.0 Å². The lowest BCUT2D eigenvalue weighted by atomic mass is 10.0. The van der Waals surface area contributed by atoms with E-state index >= 15 is 0 Å². The summed E-state index contributed by atoms with van der Waals surface area (Å²) >= 11 is 0. The summed E-state index contributed by atoms with van der Waals surface area (Å²) < 4.78 is 14.8. The number of carbonyl (C=O) groups excluding carboxylic acids is 7. The number of amides is 3. The number of carboxylic acid groups (broad SMARTS) is 7. The Morgan fingerprint density at radius 1 is 0.371 bits per heavy atom. The number of fused-ring (bicyclic) bond motifs is 2. The van der Waals surface area contributed by atoms with E-state index < -0.39 is 59.5 Å². The van der Waals surface area contributed by atoms with E-state index in [-0.39, 0.29) is 154 Å². The van der Waals surface area contributed by atoms with Gasteiger partial charge in [0, 0.05) is 63.2 Å². The molecule has 3 amide bonds. The summed E-state index contributed by atoms with van der Waals surface area (Å²) in [6, 6.07) is 35.6. The smallest absolute Gasteiger partial charge is 0.339 e. The second-order valence-electron chi connectivity index (χ2n) is 26.0. The molecule has 0 radical (unpaired) electrons. The Bertz CT molecular complexity index is 5710. The maximum Gasteiger partial charge on any atom is 0.339 e. The van der Waals surface area contributed by atoms with Crippen molar-refractivity contribution in [3.8, 4) is 46.0 Å². The topological polar surface area (TPSA) is 586 Å². The molecule has 0 aliphatic rings. The highest BCUT2D eigenvalue weighted by atomic mass is 16.6. The number of hydrogen-bond acceptors (Lipinski definition) is 24. The molecule has 9 aromatic rings. The monoisotopic (exact) mass is 1710 g/mol. The van der Waals surface area contributed by atoms with Crippen LogP contribution in [0.15, 0.2) is 232 Å². The summed E-state index contributed by atoms with van der Waals surface area (Å²) in [4.78, 5) is 154. The summed E-state index contributed by atoms with van der Waals surface area (Å²) in [6.45, 7) is 32.5. The number of ether oxygens (including phenoxy) is 3. The number of ketones is 2. The van der Waals surface area contributed by atoms with Crippen LogP contribution in [0.4, 0.5) is 11.4 Å². The third-order valence-corrected chi connectivity index (χ3v) is 16.1. The number of benzene rings is 9. The van der Waals surface area contributed by atoms with Crippen LogP contribution in [0.5, 0.6) is 46.0 Å². The number of anilines is 2. The van der Waals surface area contributed by atoms with Gasteiger partial charge in [0.2, 0.25) is 5.91 Å². The zero-order valence-corrected chi connectivity index (χ0v) is 67.2. The van der Waals surface area contributed by atoms with E-state index in [9.17, 15) is 97.8 Å². The number of aromatic carboxylic acids is 7. The first-order valence-electron chi connectivity index (χ1n) is 35.8. The number of phenols is 7. The Balaban J connectivity index is 0.000000376. The molecule has 0 unspecified atom stereocenters. The average Bonchev–Trinajstić information content (AvgIpc) is 0.789. The molecule has 0 saturated heterocycles. The fourth-order valence-corrected chi connectivity index (χ4v) is 9.61. The summed E-state index contributed by atoms with van der Waals surface area (Å²) in [5.74, 6) is -12.7. The highest BCUT2D eigenvalue weighted by Crippen LogP contribution is 2.35. The summed E-state index contributed by atoms with van der Waals surface area (Å²) in [5, 5.41) is 138. The lowest BCUT2D eigenvalue weighted by molar-refractivity contribution is -0.149. The van der Waals surface area contributed by atoms with Gasteiger partial charge in [0.25, 0.3) is 11.8 Å². The van der Waals surface area contributed by atoms with Crippen molar-refractivity contribution in [2.75, 3.05) is 37.0 Å². The maximum absolute atomic E-state index is 11.6. The van der Waals surface area contributed by atoms with Crippen LogP contribution in [-0.4, -0.2) is 181 Å². The molecule has 34 nitrogen and oxygen atoms in total. The molecule has 0 aliphatic heterocycles. The molecule has 0 aliphatic carbocycles. The third-order valence-electron chi connectivity index (χ3n) is 16.1. The van der Waals surface area contributed by atoms with Crippen molar-refractivity contribution in [3.63, 3.8) is 0 Å². The van der Waals surface area contributed by atoms with Crippen LogP contribution in [-0.2, 0) is 62.3 Å². The van der Waals surface area contributed by atoms with Crippen LogP contribution >= 0.6 is 0 Å². The first-order valence-corrected chi connectivity index (χ1v) is 35.8. The molecular weight excluding hydrogens is 1620 g/mol. The fourth-order valence-electron chi connectivity index (χ4n) is 9.61. The van der Waals surface area contributed by atoms with E-state index in [2.05, 4.69) is 62.0 Å². The number of nitrogens with one attached hydrogen (secondary N) is 3. The van der Waals surface area contributed by atoms with E-state index in [1.165, 1.54) is 110 Å². The minimum absolute atomic E-state index is 0.0827. The van der Waals surface area contributed by atoms with Crippen LogP contribution in [0.3, 0.4) is 0 Å². The van der Waals surface area contributed by atoms with E-state index in [4.69, 9.17) is 55.1 Å². The highest BCUT2D eigenvalue weighted by molar-refractivity contribution is 6.11. The third kappa shape index (κ3) is 32.5. The number of carbonyl (C=O) groups is 14. The van der Waals surface area contributed by atoms with Crippen molar-refractivity contribution in [1.82, 2.24) is 5.32 Å². The van der Waals surface area contributed by atoms with Crippen molar-refractivity contribution >= 4 is 122 Å². The number of rotatable bonds is 29. The SMILES string of the molecule is C=C(C)C(=O)Cc1ccc(C(=O)O)c(O)c1.C=C(C)C(=O)Cc1ccc(O)c(C(=O)O)c1.C=C(C)C(=O)Nc1ccc2c(O)c(C(=O)O)ccc2c1.C=C(C)C(=O)Nc1cccc2c(O)c(C(=O)O)ccc12.C=C(C)C(=O)OCCOC(=O)Cc1ccc(C(=O)O)c(O)c1.C=CC(=O)NCCOc1ccc(C(=O)O)c(O)c1.C=Cc1ccc(O)c(C(=O)O)c1. The summed E-state index contributed by atoms with van der Waals surface area (Å²) in [7, 11) is 0. The van der Waals surface area contributed by atoms with Gasteiger partial charge in [-0.2, -0.15) is 0 Å². The minimum atomic E-state index is -1.26. The van der Waals surface area contributed by atoms with E-state index in [1.54, 1.807) is 82.3 Å². The Labute approximate surface area is 706 Å². The minimum Gasteiger partial charge on any atom is -0.507 e. The molecule has 34 heteroatoms. The number of carboxylic acids is 7. The Morgan fingerprint density at radius 2 is 0.798 bits per heavy atom. The quantitative estimate of drug-likeness (QED) is 0.0118. The lowest BCUT2D eigenvalue weighted by Crippen LogP contribution is -2.26. The van der Waals surface area contributed by atoms with Gasteiger partial charge in [0.15, 0.2) is 11.6 Å². The Morgan fingerprint density at radius 3 is 1.27 bits per heavy atom. The van der Waals surface area contributed by atoms with E-state index in [0.717, 1.165) is 6.08 Å². The molecule has 0 bridgehead atoms. The molecule has 0 heterocycles. The largest absolute Gasteiger partial charge is 0.507 e. The molecule has 9 rings (SSSR count). The second-order valence-corrected chi connectivity index (χ2v) is 26.0. The molecule has 17 N–H and O–H groups in total. The zero-order valence-electron chi connectivity index (χ0n) is 67.2. The summed E-state index contributed by atoms with van der Waals surface area (Å²) in [6.07, 6.45) is 2.74. The molecule has 0 fully saturated rings. The van der Waals surface area contributed by atoms with Crippen LogP contribution in [0.2, 0.25) is 0 Å². The maximum atomic E-state index is 11.6. The normalized spacial score (nSPS) is 9.88. The number of allylic oxidation sites excluding steroid dienone is 2. The standard InChI is InChI=1S/2C15H13NO4.C15H16O7.C12H13NO5.2C12H12O4.C9H8O3/c1-8(2)14(18)16-10-4-6-11-9(7-10)3-5-12(13(11)17)15(19)20;1-8(2)14(18)16-12-5-3-4-10-9(12)6-7-11(13(10)17)15(19)20;1-9(2)15(20)22-6-5-21-13(17)8-10-3-4-11(14(18)19)12(16)7-10;1-2-11(15)13-5-6-18-8-3-4-9(12(16)17)10(14)7-8;1-7(2)11(14)6-8-3-4-10(13)9(5-8)12(15)16;1-7(2)10(13)5-8-3-4-9(12(15)16)11(14)6-8;1-2-6-3-4-8(10)7(5-6)9(11)12/h2*3-7,17H,1H2,2H3,(H,16,18)(H,19,20);3-4,7,16H,1,5-6,8H2,2H3,(H,18,19);2-4,7,14H,1,5-6H2,(H,13,15)(H,16,17);3-5,13H,1,6H2,2H3,(H,15,16);3-4,6,14H,1,5H2,2H3,(H,15,16);2-5,10H,1H2,(H,11,12). The van der Waals surface area contributed by atoms with Crippen molar-refractivity contribution in [2.24, 2.45) is 0 Å². The molecule has 9 aromatic carbocycles. The van der Waals surface area contributed by atoms with Gasteiger partial charge < -0.3 is 102 Å². The highest BCUT2D eigenvalue weighted by Gasteiger charge is 2.20. The molecule has 0 saturated carbocycles. The van der Waals surface area contributed by atoms with Crippen LogP contribution in [0.1, 0.15) is 129 Å². The van der Waals surface area contributed by atoms with Gasteiger partial charge in [0.1, 0.15) is 105 Å². The van der Waals surface area contributed by atoms with Crippen molar-refractivity contribution in [3.05, 3.63) is 293 Å². The first kappa shape index (κ1) is 101. The second kappa shape index (κ2) is 48.7. The number of Topliss-reactive ketones (excluding diaryl/α,β-unsaturated/α-hetero) is 2. The molecule has 124 heavy (non-hydrogen) atoms. The van der Waals surface area contributed by atoms with Gasteiger partial charge in [-0.1, -0.05) is 101 Å². The van der Waals surface area contributed by atoms with Crippen molar-refractivity contribution in [2.45, 2.75) is 53.9 Å². The summed E-state index contributed by atoms with van der Waals surface area (Å²) in [5.41, 5.74) is 3.81. The van der Waals surface area contributed by atoms with Gasteiger partial charge in [-0.3, -0.25) is 28.8 Å². The molecule has 0 aromatic heterocycles. The van der Waals surface area contributed by atoms with Crippen LogP contribution in [0, 0.1) is 0 Å². The van der Waals surface area contributed by atoms with Gasteiger partial charge >= 0.3 is 53.7 Å². The molecular formula is C90H87N3O31. The van der Waals surface area contributed by atoms with Gasteiger partial charge in [-0.05, 0) is 177 Å². The average molecular weight is 1710 g/mol. The van der Waals surface area contributed by atoms with E-state index in [1.807, 2.05) is 0 Å². The van der Waals surface area contributed by atoms with Gasteiger partial charge in [-0.15, -0.1) is 0 Å². The van der Waals surface area contributed by atoms with Gasteiger partial charge in [-0.25, -0.2) is 38.4 Å².